The monoisotopic (exact) mass is 259 g/mol. The Balaban J connectivity index is 0. The van der Waals surface area contributed by atoms with Crippen molar-refractivity contribution in [2.45, 2.75) is 0 Å². The van der Waals surface area contributed by atoms with Crippen LogP contribution >= 0.6 is 11.6 Å². The van der Waals surface area contributed by atoms with Crippen LogP contribution in [0.15, 0.2) is 24.3 Å². The average molecular weight is 260 g/mol. The van der Waals surface area contributed by atoms with E-state index in [0.29, 0.717) is 0 Å². The summed E-state index contributed by atoms with van der Waals surface area (Å²) in [5.41, 5.74) is 0.995. The summed E-state index contributed by atoms with van der Waals surface area (Å²) < 4.78 is 18.0. The van der Waals surface area contributed by atoms with E-state index in [4.69, 9.17) is 20.0 Å². The van der Waals surface area contributed by atoms with Crippen molar-refractivity contribution in [2.24, 2.45) is 0 Å². The minimum Gasteiger partial charge on any atom is -0.424 e. The van der Waals surface area contributed by atoms with Crippen molar-refractivity contribution in [1.29, 1.82) is 0 Å². The molecule has 0 bridgehead atoms. The first-order valence-corrected chi connectivity index (χ1v) is 4.97. The summed E-state index contributed by atoms with van der Waals surface area (Å²) in [6, 6.07) is 7.40. The molecule has 0 N–H and O–H groups in total. The summed E-state index contributed by atoms with van der Waals surface area (Å²) in [5, 5.41) is 0.761. The van der Waals surface area contributed by atoms with Crippen LogP contribution in [-0.4, -0.2) is 6.26 Å². The van der Waals surface area contributed by atoms with Crippen molar-refractivity contribution in [1.82, 2.24) is 0 Å². The van der Waals surface area contributed by atoms with Crippen molar-refractivity contribution in [3.05, 3.63) is 41.8 Å². The van der Waals surface area contributed by atoms with Crippen LogP contribution in [0.25, 0.3) is 0 Å². The first-order valence-electron chi connectivity index (χ1n) is 3.11. The molecule has 13 heavy (non-hydrogen) atoms. The third-order valence-electron chi connectivity index (χ3n) is 0.913. The largest absolute Gasteiger partial charge is 2.00 e. The summed E-state index contributed by atoms with van der Waals surface area (Å²) in [6.45, 7) is 3.70. The van der Waals surface area contributed by atoms with E-state index in [0.717, 1.165) is 16.8 Å². The van der Waals surface area contributed by atoms with E-state index in [9.17, 15) is 0 Å². The maximum absolute atomic E-state index is 9.00. The second kappa shape index (κ2) is 8.45. The molecule has 0 aliphatic heterocycles. The second-order valence-electron chi connectivity index (χ2n) is 2.03. The van der Waals surface area contributed by atoms with Gasteiger partial charge in [0.05, 0.1) is 0 Å². The van der Waals surface area contributed by atoms with Crippen molar-refractivity contribution in [3.8, 4) is 0 Å². The third kappa shape index (κ3) is 11.8. The number of halogens is 1. The van der Waals surface area contributed by atoms with Crippen molar-refractivity contribution in [2.75, 3.05) is 6.26 Å². The molecule has 73 valence electrons. The molecule has 0 aliphatic carbocycles. The van der Waals surface area contributed by atoms with E-state index in [1.807, 2.05) is 24.3 Å². The summed E-state index contributed by atoms with van der Waals surface area (Å²) in [7, 11) is -1.86. The van der Waals surface area contributed by atoms with Gasteiger partial charge in [0, 0.05) is 5.02 Å². The zero-order chi connectivity index (χ0) is 9.56. The van der Waals surface area contributed by atoms with Gasteiger partial charge in [-0.05, 0) is 0 Å². The smallest absolute Gasteiger partial charge is 0.424 e. The Kier molecular flexibility index (Phi) is 9.96. The molecule has 0 saturated carbocycles. The van der Waals surface area contributed by atoms with Crippen molar-refractivity contribution < 1.29 is 25.5 Å². The first-order chi connectivity index (χ1) is 5.52. The summed E-state index contributed by atoms with van der Waals surface area (Å²) in [5.74, 6) is 0. The van der Waals surface area contributed by atoms with Gasteiger partial charge in [-0.2, -0.15) is 24.6 Å². The van der Waals surface area contributed by atoms with Crippen LogP contribution in [-0.2, 0) is 36.2 Å². The van der Waals surface area contributed by atoms with E-state index in [2.05, 4.69) is 6.92 Å². The molecular formula is C8H9ClMnO2S. The average Bonchev–Trinajstić information content (AvgIpc) is 1.94. The number of benzene rings is 1. The maximum Gasteiger partial charge on any atom is 2.00 e. The Morgan fingerprint density at radius 1 is 1.23 bits per heavy atom. The molecule has 2 nitrogen and oxygen atoms in total. The molecule has 0 atom stereocenters. The van der Waals surface area contributed by atoms with Gasteiger partial charge < -0.3 is 8.42 Å². The predicted molar refractivity (Wildman–Crippen MR) is 50.6 cm³/mol. The molecule has 1 radical (unpaired) electrons. The standard InChI is InChI=1S/C7H6Cl.CH3O2S.Mn/c1-6-2-4-7(8)5-3-6;1-4(2)3;/h2-5H,1H2;1H3;/q2*-1;+2. The topological polar surface area (TPSA) is 34.1 Å². The number of rotatable bonds is 0. The van der Waals surface area contributed by atoms with Crippen LogP contribution in [0.3, 0.4) is 0 Å². The Morgan fingerprint density at radius 3 is 1.77 bits per heavy atom. The molecule has 0 aromatic heterocycles. The van der Waals surface area contributed by atoms with E-state index in [1.165, 1.54) is 0 Å². The SMILES string of the molecule is C[S-](=O)=O.[CH2-]c1ccc(Cl)cc1.[Mn+2]. The zero-order valence-corrected chi connectivity index (χ0v) is 9.75. The van der Waals surface area contributed by atoms with E-state index < -0.39 is 10.7 Å². The minimum absolute atomic E-state index is 0. The first kappa shape index (κ1) is 15.3. The van der Waals surface area contributed by atoms with Crippen LogP contribution in [0.1, 0.15) is 5.56 Å². The van der Waals surface area contributed by atoms with E-state index in [-0.39, 0.29) is 17.1 Å². The molecule has 5 heteroatoms. The van der Waals surface area contributed by atoms with E-state index in [1.54, 1.807) is 0 Å². The van der Waals surface area contributed by atoms with Gasteiger partial charge in [0.15, 0.2) is 0 Å². The van der Waals surface area contributed by atoms with Crippen LogP contribution < -0.4 is 0 Å². The van der Waals surface area contributed by atoms with Gasteiger partial charge in [0.2, 0.25) is 0 Å². The summed E-state index contributed by atoms with van der Waals surface area (Å²) in [6.07, 6.45) is 1.08. The molecule has 0 saturated heterocycles. The second-order valence-corrected chi connectivity index (χ2v) is 3.27. The fourth-order valence-corrected chi connectivity index (χ4v) is 0.610. The number of hydrogen-bond donors (Lipinski definition) is 0. The normalized spacial score (nSPS) is 8.23. The van der Waals surface area contributed by atoms with Gasteiger partial charge in [0.25, 0.3) is 0 Å². The Bertz CT molecular complexity index is 267. The fraction of sp³-hybridized carbons (Fsp3) is 0.125. The Hall–Kier alpha value is -0.151. The summed E-state index contributed by atoms with van der Waals surface area (Å²) >= 11 is 5.58. The molecule has 1 rings (SSSR count). The molecule has 1 aromatic rings. The third-order valence-corrected chi connectivity index (χ3v) is 1.17. The molecule has 0 heterocycles. The van der Waals surface area contributed by atoms with Gasteiger partial charge in [-0.3, -0.25) is 0 Å². The Labute approximate surface area is 95.7 Å². The quantitative estimate of drug-likeness (QED) is 0.407. The van der Waals surface area contributed by atoms with Gasteiger partial charge in [-0.15, -0.1) is 0 Å². The van der Waals surface area contributed by atoms with Crippen LogP contribution in [0.5, 0.6) is 0 Å². The van der Waals surface area contributed by atoms with Crippen molar-refractivity contribution >= 4 is 22.3 Å². The molecule has 0 fully saturated rings. The molecule has 0 unspecified atom stereocenters. The van der Waals surface area contributed by atoms with E-state index >= 15 is 0 Å². The van der Waals surface area contributed by atoms with Gasteiger partial charge in [-0.1, -0.05) is 40.7 Å². The van der Waals surface area contributed by atoms with Crippen LogP contribution in [0, 0.1) is 6.92 Å². The maximum atomic E-state index is 9.00. The van der Waals surface area contributed by atoms with Gasteiger partial charge >= 0.3 is 17.1 Å². The van der Waals surface area contributed by atoms with Gasteiger partial charge in [-0.25, -0.2) is 0 Å². The van der Waals surface area contributed by atoms with Crippen LogP contribution in [0.2, 0.25) is 5.02 Å². The molecule has 0 amide bonds. The van der Waals surface area contributed by atoms with Crippen molar-refractivity contribution in [3.63, 3.8) is 0 Å². The predicted octanol–water partition coefficient (Wildman–Crippen LogP) is 2.45. The molecule has 0 spiro atoms. The molecule has 0 aliphatic rings. The Morgan fingerprint density at radius 2 is 1.54 bits per heavy atom. The number of hydrogen-bond acceptors (Lipinski definition) is 3. The molecule has 1 aromatic carbocycles. The fourth-order valence-electron chi connectivity index (χ4n) is 0.484. The molecular weight excluding hydrogens is 251 g/mol. The van der Waals surface area contributed by atoms with Crippen LogP contribution in [0.4, 0.5) is 0 Å². The minimum atomic E-state index is -1.86. The van der Waals surface area contributed by atoms with Gasteiger partial charge in [0.1, 0.15) is 0 Å². The summed E-state index contributed by atoms with van der Waals surface area (Å²) in [4.78, 5) is 0. The zero-order valence-electron chi connectivity index (χ0n) is 7.00.